The lowest BCUT2D eigenvalue weighted by molar-refractivity contribution is -0.141. The minimum Gasteiger partial charge on any atom is -0.461 e. The van der Waals surface area contributed by atoms with Gasteiger partial charge in [-0.1, -0.05) is 60.3 Å². The van der Waals surface area contributed by atoms with E-state index in [1.165, 1.54) is 11.8 Å². The average molecular weight is 530 g/mol. The summed E-state index contributed by atoms with van der Waals surface area (Å²) in [7, 11) is 0. The first-order chi connectivity index (χ1) is 18.5. The number of piperazine rings is 1. The maximum atomic E-state index is 13.2. The second kappa shape index (κ2) is 11.7. The van der Waals surface area contributed by atoms with Crippen molar-refractivity contribution in [1.82, 2.24) is 24.6 Å². The fraction of sp³-hybridized carbons (Fsp3) is 0.310. The van der Waals surface area contributed by atoms with Gasteiger partial charge in [0.2, 0.25) is 17.6 Å². The Hall–Kier alpha value is -3.85. The molecule has 5 rings (SSSR count). The topological polar surface area (TPSA) is 84.5 Å². The Morgan fingerprint density at radius 3 is 2.50 bits per heavy atom. The van der Waals surface area contributed by atoms with Crippen LogP contribution in [0.2, 0.25) is 0 Å². The molecule has 4 aromatic rings. The van der Waals surface area contributed by atoms with E-state index in [1.807, 2.05) is 94.9 Å². The number of carbonyl (C=O) groups excluding carboxylic acids is 2. The molecule has 1 aliphatic heterocycles. The van der Waals surface area contributed by atoms with Crippen molar-refractivity contribution in [1.29, 1.82) is 0 Å². The molecule has 1 saturated heterocycles. The number of furan rings is 1. The van der Waals surface area contributed by atoms with Gasteiger partial charge in [0.15, 0.2) is 10.9 Å². The number of aromatic nitrogens is 3. The number of amides is 2. The molecule has 2 aromatic carbocycles. The van der Waals surface area contributed by atoms with Crippen LogP contribution < -0.4 is 0 Å². The summed E-state index contributed by atoms with van der Waals surface area (Å²) < 4.78 is 7.54. The molecular formula is C29H31N5O3S. The van der Waals surface area contributed by atoms with Gasteiger partial charge in [-0.25, -0.2) is 0 Å². The zero-order valence-electron chi connectivity index (χ0n) is 21.6. The second-order valence-corrected chi connectivity index (χ2v) is 10.4. The van der Waals surface area contributed by atoms with Crippen molar-refractivity contribution in [2.24, 2.45) is 0 Å². The maximum Gasteiger partial charge on any atom is 0.233 e. The summed E-state index contributed by atoms with van der Waals surface area (Å²) in [5, 5.41) is 9.40. The highest BCUT2D eigenvalue weighted by molar-refractivity contribution is 7.99. The summed E-state index contributed by atoms with van der Waals surface area (Å²) in [5.74, 6) is 1.60. The molecule has 0 aliphatic carbocycles. The van der Waals surface area contributed by atoms with E-state index in [4.69, 9.17) is 4.42 Å². The molecule has 8 nitrogen and oxygen atoms in total. The van der Waals surface area contributed by atoms with Crippen LogP contribution in [0.5, 0.6) is 0 Å². The summed E-state index contributed by atoms with van der Waals surface area (Å²) in [6.45, 7) is 5.65. The largest absolute Gasteiger partial charge is 0.461 e. The minimum absolute atomic E-state index is 0.0251. The molecule has 1 fully saturated rings. The molecule has 38 heavy (non-hydrogen) atoms. The number of para-hydroxylation sites is 1. The first-order valence-corrected chi connectivity index (χ1v) is 13.8. The number of aryl methyl sites for hydroxylation is 2. The first kappa shape index (κ1) is 25.8. The molecule has 1 unspecified atom stereocenters. The second-order valence-electron chi connectivity index (χ2n) is 9.46. The van der Waals surface area contributed by atoms with Crippen LogP contribution in [0, 0.1) is 6.92 Å². The van der Waals surface area contributed by atoms with Crippen molar-refractivity contribution < 1.29 is 14.0 Å². The Kier molecular flexibility index (Phi) is 7.93. The summed E-state index contributed by atoms with van der Waals surface area (Å²) in [4.78, 5) is 29.8. The zero-order valence-corrected chi connectivity index (χ0v) is 22.4. The standard InChI is InChI=1S/C29H31N5O3S/c1-21-9-6-7-12-24(21)34-28(25-13-8-18-37-25)30-31-29(34)38-20-27(36)32-16-17-33(22(2)19-32)26(35)15-14-23-10-4-3-5-11-23/h3-13,18,22H,14-17,19-20H2,1-2H3. The van der Waals surface area contributed by atoms with Gasteiger partial charge in [0.25, 0.3) is 0 Å². The van der Waals surface area contributed by atoms with E-state index in [-0.39, 0.29) is 23.6 Å². The summed E-state index contributed by atoms with van der Waals surface area (Å²) in [6, 6.07) is 21.7. The van der Waals surface area contributed by atoms with E-state index < -0.39 is 0 Å². The SMILES string of the molecule is Cc1ccccc1-n1c(SCC(=O)N2CCN(C(=O)CCc3ccccc3)C(C)C2)nnc1-c1ccco1. The van der Waals surface area contributed by atoms with Crippen LogP contribution in [0.4, 0.5) is 0 Å². The number of hydrogen-bond donors (Lipinski definition) is 0. The lowest BCUT2D eigenvalue weighted by atomic mass is 10.1. The van der Waals surface area contributed by atoms with Gasteiger partial charge in [0.1, 0.15) is 0 Å². The van der Waals surface area contributed by atoms with Gasteiger partial charge in [-0.3, -0.25) is 14.2 Å². The van der Waals surface area contributed by atoms with Crippen molar-refractivity contribution in [2.45, 2.75) is 37.9 Å². The van der Waals surface area contributed by atoms with E-state index >= 15 is 0 Å². The Labute approximate surface area is 226 Å². The number of thioether (sulfide) groups is 1. The molecule has 3 heterocycles. The van der Waals surface area contributed by atoms with Gasteiger partial charge < -0.3 is 14.2 Å². The van der Waals surface area contributed by atoms with E-state index in [0.717, 1.165) is 23.2 Å². The van der Waals surface area contributed by atoms with Crippen molar-refractivity contribution in [3.8, 4) is 17.3 Å². The highest BCUT2D eigenvalue weighted by Crippen LogP contribution is 2.30. The molecule has 0 saturated carbocycles. The van der Waals surface area contributed by atoms with Crippen molar-refractivity contribution in [2.75, 3.05) is 25.4 Å². The number of rotatable bonds is 8. The van der Waals surface area contributed by atoms with Crippen molar-refractivity contribution in [3.05, 3.63) is 84.1 Å². The van der Waals surface area contributed by atoms with Gasteiger partial charge in [-0.2, -0.15) is 0 Å². The van der Waals surface area contributed by atoms with Crippen LogP contribution >= 0.6 is 11.8 Å². The third-order valence-corrected chi connectivity index (χ3v) is 7.74. The Balaban J connectivity index is 1.22. The van der Waals surface area contributed by atoms with Crippen molar-refractivity contribution >= 4 is 23.6 Å². The number of carbonyl (C=O) groups is 2. The lowest BCUT2D eigenvalue weighted by Crippen LogP contribution is -2.55. The third kappa shape index (κ3) is 5.67. The number of hydrogen-bond acceptors (Lipinski definition) is 6. The normalized spacial score (nSPS) is 15.6. The molecule has 0 N–H and O–H groups in total. The summed E-state index contributed by atoms with van der Waals surface area (Å²) in [5.41, 5.74) is 3.17. The maximum absolute atomic E-state index is 13.2. The number of benzene rings is 2. The first-order valence-electron chi connectivity index (χ1n) is 12.8. The fourth-order valence-electron chi connectivity index (χ4n) is 4.77. The fourth-order valence-corrected chi connectivity index (χ4v) is 5.62. The van der Waals surface area contributed by atoms with Gasteiger partial charge in [0.05, 0.1) is 17.7 Å². The molecule has 1 aliphatic rings. The molecule has 0 bridgehead atoms. The van der Waals surface area contributed by atoms with Gasteiger partial charge >= 0.3 is 0 Å². The Bertz CT molecular complexity index is 1390. The van der Waals surface area contributed by atoms with E-state index in [1.54, 1.807) is 6.26 Å². The van der Waals surface area contributed by atoms with Gasteiger partial charge in [-0.15, -0.1) is 10.2 Å². The zero-order chi connectivity index (χ0) is 26.5. The van der Waals surface area contributed by atoms with E-state index in [9.17, 15) is 9.59 Å². The molecule has 2 aromatic heterocycles. The third-order valence-electron chi connectivity index (χ3n) is 6.83. The molecular weight excluding hydrogens is 498 g/mol. The number of nitrogens with zero attached hydrogens (tertiary/aromatic N) is 5. The molecule has 0 spiro atoms. The summed E-state index contributed by atoms with van der Waals surface area (Å²) >= 11 is 1.36. The lowest BCUT2D eigenvalue weighted by Gasteiger charge is -2.40. The predicted octanol–water partition coefficient (Wildman–Crippen LogP) is 4.62. The highest BCUT2D eigenvalue weighted by Gasteiger charge is 2.30. The van der Waals surface area contributed by atoms with Crippen LogP contribution in [0.3, 0.4) is 0 Å². The Morgan fingerprint density at radius 1 is 0.974 bits per heavy atom. The predicted molar refractivity (Wildman–Crippen MR) is 147 cm³/mol. The van der Waals surface area contributed by atoms with Crippen LogP contribution in [-0.4, -0.2) is 67.8 Å². The molecule has 196 valence electrons. The van der Waals surface area contributed by atoms with Crippen LogP contribution in [0.25, 0.3) is 17.3 Å². The molecule has 1 atom stereocenters. The van der Waals surface area contributed by atoms with Gasteiger partial charge in [0, 0.05) is 32.1 Å². The smallest absolute Gasteiger partial charge is 0.233 e. The molecule has 0 radical (unpaired) electrons. The van der Waals surface area contributed by atoms with Gasteiger partial charge in [-0.05, 0) is 49.6 Å². The van der Waals surface area contributed by atoms with Crippen LogP contribution in [0.15, 0.2) is 82.6 Å². The van der Waals surface area contributed by atoms with Crippen LogP contribution in [0.1, 0.15) is 24.5 Å². The van der Waals surface area contributed by atoms with Crippen LogP contribution in [-0.2, 0) is 16.0 Å². The van der Waals surface area contributed by atoms with E-state index in [0.29, 0.717) is 42.8 Å². The molecule has 2 amide bonds. The van der Waals surface area contributed by atoms with Crippen molar-refractivity contribution in [3.63, 3.8) is 0 Å². The Morgan fingerprint density at radius 2 is 1.76 bits per heavy atom. The average Bonchev–Trinajstić information content (AvgIpc) is 3.61. The summed E-state index contributed by atoms with van der Waals surface area (Å²) in [6.07, 6.45) is 2.81. The monoisotopic (exact) mass is 529 g/mol. The minimum atomic E-state index is -0.0258. The molecule has 9 heteroatoms. The highest BCUT2D eigenvalue weighted by atomic mass is 32.2. The van der Waals surface area contributed by atoms with E-state index in [2.05, 4.69) is 10.2 Å². The quantitative estimate of drug-likeness (QED) is 0.310.